The molecule has 1 saturated carbocycles. The van der Waals surface area contributed by atoms with Gasteiger partial charge in [-0.3, -0.25) is 30.6 Å². The Labute approximate surface area is 114 Å². The van der Waals surface area contributed by atoms with Gasteiger partial charge < -0.3 is 4.74 Å². The van der Waals surface area contributed by atoms with E-state index in [0.29, 0.717) is 0 Å². The van der Waals surface area contributed by atoms with E-state index >= 15 is 0 Å². The summed E-state index contributed by atoms with van der Waals surface area (Å²) in [5, 5.41) is 10.7. The van der Waals surface area contributed by atoms with Gasteiger partial charge in [0.05, 0.1) is 17.6 Å². The Morgan fingerprint density at radius 2 is 2.05 bits per heavy atom. The fourth-order valence-electron chi connectivity index (χ4n) is 1.62. The summed E-state index contributed by atoms with van der Waals surface area (Å²) in [4.78, 5) is 33.4. The van der Waals surface area contributed by atoms with Crippen LogP contribution in [0.1, 0.15) is 23.2 Å². The number of carbonyl (C=O) groups is 2. The van der Waals surface area contributed by atoms with Crippen LogP contribution in [0.5, 0.6) is 5.75 Å². The molecule has 0 aromatic heterocycles. The number of rotatable bonds is 4. The number of nitrogens with one attached hydrogen (secondary N) is 2. The number of nitro groups is 1. The van der Waals surface area contributed by atoms with Crippen LogP contribution in [0.4, 0.5) is 5.69 Å². The highest BCUT2D eigenvalue weighted by molar-refractivity contribution is 5.98. The molecule has 2 amide bonds. The van der Waals surface area contributed by atoms with Gasteiger partial charge in [0, 0.05) is 18.1 Å². The number of ether oxygens (including phenoxy) is 1. The number of benzene rings is 1. The van der Waals surface area contributed by atoms with Crippen molar-refractivity contribution in [2.45, 2.75) is 12.8 Å². The number of hydrazine groups is 1. The zero-order chi connectivity index (χ0) is 14.7. The summed E-state index contributed by atoms with van der Waals surface area (Å²) in [5.41, 5.74) is 4.25. The maximum absolute atomic E-state index is 11.9. The third-order valence-corrected chi connectivity index (χ3v) is 2.89. The quantitative estimate of drug-likeness (QED) is 0.625. The van der Waals surface area contributed by atoms with Crippen LogP contribution < -0.4 is 15.6 Å². The number of amides is 2. The minimum absolute atomic E-state index is 0.0159. The van der Waals surface area contributed by atoms with Crippen LogP contribution >= 0.6 is 0 Å². The van der Waals surface area contributed by atoms with E-state index in [1.807, 2.05) is 0 Å². The third kappa shape index (κ3) is 3.02. The molecular formula is C12H13N3O5. The zero-order valence-corrected chi connectivity index (χ0v) is 10.7. The van der Waals surface area contributed by atoms with Crippen molar-refractivity contribution in [3.63, 3.8) is 0 Å². The second kappa shape index (κ2) is 5.55. The van der Waals surface area contributed by atoms with Crippen LogP contribution in [0.3, 0.4) is 0 Å². The summed E-state index contributed by atoms with van der Waals surface area (Å²) in [6.45, 7) is 0. The summed E-state index contributed by atoms with van der Waals surface area (Å²) in [6.07, 6.45) is 1.61. The number of nitrogens with zero attached hydrogens (tertiary/aromatic N) is 1. The van der Waals surface area contributed by atoms with Gasteiger partial charge >= 0.3 is 0 Å². The van der Waals surface area contributed by atoms with Gasteiger partial charge in [-0.05, 0) is 18.9 Å². The first-order chi connectivity index (χ1) is 9.52. The van der Waals surface area contributed by atoms with Crippen molar-refractivity contribution < 1.29 is 19.2 Å². The SMILES string of the molecule is COc1ccc([N+](=O)[O-])cc1C(=O)NNC(=O)C1CC1. The highest BCUT2D eigenvalue weighted by Crippen LogP contribution is 2.28. The topological polar surface area (TPSA) is 111 Å². The van der Waals surface area contributed by atoms with Crippen LogP contribution in [0.2, 0.25) is 0 Å². The van der Waals surface area contributed by atoms with Crippen molar-refractivity contribution in [1.82, 2.24) is 10.9 Å². The number of hydrogen-bond donors (Lipinski definition) is 2. The van der Waals surface area contributed by atoms with Crippen LogP contribution in [0, 0.1) is 16.0 Å². The Bertz CT molecular complexity index is 568. The zero-order valence-electron chi connectivity index (χ0n) is 10.7. The molecule has 1 aromatic rings. The van der Waals surface area contributed by atoms with Crippen molar-refractivity contribution in [2.24, 2.45) is 5.92 Å². The monoisotopic (exact) mass is 279 g/mol. The first kappa shape index (κ1) is 13.8. The van der Waals surface area contributed by atoms with Crippen LogP contribution in [0.15, 0.2) is 18.2 Å². The van der Waals surface area contributed by atoms with Crippen LogP contribution in [-0.2, 0) is 4.79 Å². The van der Waals surface area contributed by atoms with Gasteiger partial charge in [-0.2, -0.15) is 0 Å². The average molecular weight is 279 g/mol. The maximum atomic E-state index is 11.9. The van der Waals surface area contributed by atoms with E-state index in [4.69, 9.17) is 4.74 Å². The number of nitro benzene ring substituents is 1. The minimum Gasteiger partial charge on any atom is -0.496 e. The molecule has 0 unspecified atom stereocenters. The van der Waals surface area contributed by atoms with E-state index in [2.05, 4.69) is 10.9 Å². The number of hydrogen-bond acceptors (Lipinski definition) is 5. The molecule has 1 fully saturated rings. The molecular weight excluding hydrogens is 266 g/mol. The van der Waals surface area contributed by atoms with Crippen molar-refractivity contribution in [3.05, 3.63) is 33.9 Å². The van der Waals surface area contributed by atoms with E-state index in [9.17, 15) is 19.7 Å². The Hall–Kier alpha value is -2.64. The summed E-state index contributed by atoms with van der Waals surface area (Å²) in [6, 6.07) is 3.66. The molecule has 0 heterocycles. The average Bonchev–Trinajstić information content (AvgIpc) is 3.28. The van der Waals surface area contributed by atoms with Crippen molar-refractivity contribution in [3.8, 4) is 5.75 Å². The van der Waals surface area contributed by atoms with Gasteiger partial charge in [0.1, 0.15) is 5.75 Å². The second-order valence-electron chi connectivity index (χ2n) is 4.36. The summed E-state index contributed by atoms with van der Waals surface area (Å²) < 4.78 is 4.97. The molecule has 2 N–H and O–H groups in total. The Morgan fingerprint density at radius 3 is 2.60 bits per heavy atom. The molecule has 20 heavy (non-hydrogen) atoms. The highest BCUT2D eigenvalue weighted by atomic mass is 16.6. The van der Waals surface area contributed by atoms with Crippen molar-refractivity contribution >= 4 is 17.5 Å². The molecule has 8 nitrogen and oxygen atoms in total. The van der Waals surface area contributed by atoms with Gasteiger partial charge in [-0.15, -0.1) is 0 Å². The molecule has 0 atom stereocenters. The number of non-ortho nitro benzene ring substituents is 1. The van der Waals surface area contributed by atoms with Gasteiger partial charge in [-0.1, -0.05) is 0 Å². The summed E-state index contributed by atoms with van der Waals surface area (Å²) in [7, 11) is 1.35. The van der Waals surface area contributed by atoms with Crippen LogP contribution in [0.25, 0.3) is 0 Å². The standard InChI is InChI=1S/C12H13N3O5/c1-20-10-5-4-8(15(18)19)6-9(10)12(17)14-13-11(16)7-2-3-7/h4-7H,2-3H2,1H3,(H,13,16)(H,14,17). The highest BCUT2D eigenvalue weighted by Gasteiger charge is 2.30. The maximum Gasteiger partial charge on any atom is 0.273 e. The molecule has 0 aliphatic heterocycles. The van der Waals surface area contributed by atoms with E-state index in [0.717, 1.165) is 18.9 Å². The first-order valence-electron chi connectivity index (χ1n) is 5.95. The lowest BCUT2D eigenvalue weighted by Gasteiger charge is -2.09. The molecule has 0 bridgehead atoms. The van der Waals surface area contributed by atoms with Crippen molar-refractivity contribution in [1.29, 1.82) is 0 Å². The Balaban J connectivity index is 2.11. The predicted octanol–water partition coefficient (Wildman–Crippen LogP) is 0.774. The minimum atomic E-state index is -0.667. The Morgan fingerprint density at radius 1 is 1.35 bits per heavy atom. The molecule has 1 aliphatic rings. The Kier molecular flexibility index (Phi) is 3.83. The molecule has 0 saturated heterocycles. The van der Waals surface area contributed by atoms with E-state index < -0.39 is 10.8 Å². The first-order valence-corrected chi connectivity index (χ1v) is 5.95. The largest absolute Gasteiger partial charge is 0.496 e. The fraction of sp³-hybridized carbons (Fsp3) is 0.333. The lowest BCUT2D eigenvalue weighted by atomic mass is 10.1. The second-order valence-corrected chi connectivity index (χ2v) is 4.36. The normalized spacial score (nSPS) is 13.4. The molecule has 1 aromatic carbocycles. The fourth-order valence-corrected chi connectivity index (χ4v) is 1.62. The summed E-state index contributed by atoms with van der Waals surface area (Å²) >= 11 is 0. The predicted molar refractivity (Wildman–Crippen MR) is 68.0 cm³/mol. The van der Waals surface area contributed by atoms with Crippen LogP contribution in [-0.4, -0.2) is 23.8 Å². The number of carbonyl (C=O) groups excluding carboxylic acids is 2. The molecule has 1 aliphatic carbocycles. The van der Waals surface area contributed by atoms with Gasteiger partial charge in [-0.25, -0.2) is 0 Å². The molecule has 2 rings (SSSR count). The smallest absolute Gasteiger partial charge is 0.273 e. The van der Waals surface area contributed by atoms with Gasteiger partial charge in [0.15, 0.2) is 0 Å². The van der Waals surface area contributed by atoms with Gasteiger partial charge in [0.25, 0.3) is 11.6 Å². The molecule has 0 spiro atoms. The lowest BCUT2D eigenvalue weighted by molar-refractivity contribution is -0.384. The number of methoxy groups -OCH3 is 1. The summed E-state index contributed by atoms with van der Waals surface area (Å²) in [5.74, 6) is -0.793. The molecule has 106 valence electrons. The van der Waals surface area contributed by atoms with E-state index in [-0.39, 0.29) is 28.8 Å². The molecule has 0 radical (unpaired) electrons. The van der Waals surface area contributed by atoms with Crippen molar-refractivity contribution in [2.75, 3.05) is 7.11 Å². The third-order valence-electron chi connectivity index (χ3n) is 2.89. The molecule has 8 heteroatoms. The lowest BCUT2D eigenvalue weighted by Crippen LogP contribution is -2.42. The van der Waals surface area contributed by atoms with E-state index in [1.165, 1.54) is 19.2 Å². The van der Waals surface area contributed by atoms with Gasteiger partial charge in [0.2, 0.25) is 5.91 Å². The van der Waals surface area contributed by atoms with E-state index in [1.54, 1.807) is 0 Å².